The van der Waals surface area contributed by atoms with Gasteiger partial charge in [-0.25, -0.2) is 4.98 Å². The minimum atomic E-state index is 0.726. The summed E-state index contributed by atoms with van der Waals surface area (Å²) in [6.07, 6.45) is 6.55. The number of rotatable bonds is 4. The highest BCUT2D eigenvalue weighted by Crippen LogP contribution is 2.40. The molecule has 0 amide bonds. The van der Waals surface area contributed by atoms with Crippen LogP contribution in [0.1, 0.15) is 44.7 Å². The van der Waals surface area contributed by atoms with Crippen molar-refractivity contribution in [3.8, 4) is 0 Å². The number of hydrogen-bond acceptors (Lipinski definition) is 4. The van der Waals surface area contributed by atoms with Crippen molar-refractivity contribution in [2.24, 2.45) is 0 Å². The Hall–Kier alpha value is -0.610. The monoisotopic (exact) mass is 265 g/mol. The smallest absolute Gasteiger partial charge is 0.185 e. The van der Waals surface area contributed by atoms with Gasteiger partial charge in [0.2, 0.25) is 0 Å². The molecule has 1 aromatic rings. The van der Waals surface area contributed by atoms with E-state index < -0.39 is 0 Å². The number of aryl methyl sites for hydroxylation is 1. The van der Waals surface area contributed by atoms with Crippen LogP contribution >= 0.6 is 11.3 Å². The maximum Gasteiger partial charge on any atom is 0.185 e. The SMILES string of the molecule is CCCNC1CC2CCC(C1)N2c1nc(C)cs1. The van der Waals surface area contributed by atoms with Crippen LogP contribution in [0.2, 0.25) is 0 Å². The van der Waals surface area contributed by atoms with Gasteiger partial charge in [-0.15, -0.1) is 11.3 Å². The van der Waals surface area contributed by atoms with Crippen LogP contribution in [0, 0.1) is 6.92 Å². The van der Waals surface area contributed by atoms with Gasteiger partial charge >= 0.3 is 0 Å². The largest absolute Gasteiger partial charge is 0.342 e. The molecular formula is C14H23N3S. The first-order valence-corrected chi connectivity index (χ1v) is 8.09. The zero-order chi connectivity index (χ0) is 12.5. The fraction of sp³-hybridized carbons (Fsp3) is 0.786. The Morgan fingerprint density at radius 2 is 2.11 bits per heavy atom. The highest BCUT2D eigenvalue weighted by Gasteiger charge is 2.41. The van der Waals surface area contributed by atoms with Crippen LogP contribution in [-0.2, 0) is 0 Å². The molecule has 0 aromatic carbocycles. The maximum atomic E-state index is 4.69. The molecule has 0 saturated carbocycles. The summed E-state index contributed by atoms with van der Waals surface area (Å²) in [5, 5.41) is 7.14. The number of piperidine rings is 1. The average Bonchev–Trinajstić information content (AvgIpc) is 2.88. The first kappa shape index (κ1) is 12.4. The Bertz CT molecular complexity index is 389. The Labute approximate surface area is 114 Å². The zero-order valence-electron chi connectivity index (χ0n) is 11.4. The Balaban J connectivity index is 1.69. The highest BCUT2D eigenvalue weighted by atomic mass is 32.1. The van der Waals surface area contributed by atoms with Crippen LogP contribution in [-0.4, -0.2) is 29.7 Å². The van der Waals surface area contributed by atoms with Gasteiger partial charge in [0.1, 0.15) is 0 Å². The molecule has 2 bridgehead atoms. The second-order valence-corrected chi connectivity index (χ2v) is 6.52. The van der Waals surface area contributed by atoms with Gasteiger partial charge in [0.15, 0.2) is 5.13 Å². The van der Waals surface area contributed by atoms with Gasteiger partial charge in [0.05, 0.1) is 5.69 Å². The summed E-state index contributed by atoms with van der Waals surface area (Å²) in [6.45, 7) is 5.51. The number of hydrogen-bond donors (Lipinski definition) is 1. The molecule has 2 aliphatic heterocycles. The fourth-order valence-corrected chi connectivity index (χ4v) is 4.41. The van der Waals surface area contributed by atoms with Gasteiger partial charge in [-0.3, -0.25) is 0 Å². The summed E-state index contributed by atoms with van der Waals surface area (Å²) >= 11 is 1.82. The van der Waals surface area contributed by atoms with E-state index in [9.17, 15) is 0 Å². The first-order valence-electron chi connectivity index (χ1n) is 7.21. The minimum Gasteiger partial charge on any atom is -0.342 e. The molecule has 2 atom stereocenters. The molecule has 2 fully saturated rings. The van der Waals surface area contributed by atoms with Gasteiger partial charge in [0, 0.05) is 23.5 Å². The van der Waals surface area contributed by atoms with Gasteiger partial charge in [-0.05, 0) is 45.6 Å². The third-order valence-electron chi connectivity index (χ3n) is 4.24. The summed E-state index contributed by atoms with van der Waals surface area (Å²) in [6, 6.07) is 2.19. The van der Waals surface area contributed by atoms with Crippen molar-refractivity contribution in [2.75, 3.05) is 11.4 Å². The number of thiazole rings is 1. The molecule has 18 heavy (non-hydrogen) atoms. The van der Waals surface area contributed by atoms with Crippen LogP contribution in [0.4, 0.5) is 5.13 Å². The number of nitrogens with one attached hydrogen (secondary N) is 1. The molecule has 0 aliphatic carbocycles. The highest BCUT2D eigenvalue weighted by molar-refractivity contribution is 7.13. The van der Waals surface area contributed by atoms with Crippen LogP contribution in [0.15, 0.2) is 5.38 Å². The molecule has 3 rings (SSSR count). The number of nitrogens with zero attached hydrogens (tertiary/aromatic N) is 2. The van der Waals surface area contributed by atoms with Gasteiger partial charge < -0.3 is 10.2 Å². The third-order valence-corrected chi connectivity index (χ3v) is 5.22. The van der Waals surface area contributed by atoms with E-state index in [0.717, 1.165) is 18.1 Å². The quantitative estimate of drug-likeness (QED) is 0.907. The predicted octanol–water partition coefficient (Wildman–Crippen LogP) is 2.95. The van der Waals surface area contributed by atoms with Crippen molar-refractivity contribution in [3.63, 3.8) is 0 Å². The van der Waals surface area contributed by atoms with E-state index in [1.165, 1.54) is 49.5 Å². The summed E-state index contributed by atoms with van der Waals surface area (Å²) in [5.74, 6) is 0. The van der Waals surface area contributed by atoms with E-state index in [-0.39, 0.29) is 0 Å². The van der Waals surface area contributed by atoms with Crippen molar-refractivity contribution in [1.82, 2.24) is 10.3 Å². The van der Waals surface area contributed by atoms with Crippen molar-refractivity contribution in [2.45, 2.75) is 64.1 Å². The summed E-state index contributed by atoms with van der Waals surface area (Å²) in [7, 11) is 0. The zero-order valence-corrected chi connectivity index (χ0v) is 12.2. The molecule has 0 spiro atoms. The predicted molar refractivity (Wildman–Crippen MR) is 77.5 cm³/mol. The molecule has 100 valence electrons. The van der Waals surface area contributed by atoms with Gasteiger partial charge in [0.25, 0.3) is 0 Å². The maximum absolute atomic E-state index is 4.69. The Morgan fingerprint density at radius 1 is 1.39 bits per heavy atom. The molecule has 1 aromatic heterocycles. The first-order chi connectivity index (χ1) is 8.78. The molecule has 2 unspecified atom stereocenters. The summed E-state index contributed by atoms with van der Waals surface area (Å²) < 4.78 is 0. The van der Waals surface area contributed by atoms with E-state index in [1.54, 1.807) is 0 Å². The summed E-state index contributed by atoms with van der Waals surface area (Å²) in [4.78, 5) is 7.30. The molecule has 0 radical (unpaired) electrons. The Morgan fingerprint density at radius 3 is 2.67 bits per heavy atom. The van der Waals surface area contributed by atoms with E-state index in [1.807, 2.05) is 11.3 Å². The van der Waals surface area contributed by atoms with E-state index >= 15 is 0 Å². The molecule has 3 heterocycles. The van der Waals surface area contributed by atoms with Gasteiger partial charge in [-0.2, -0.15) is 0 Å². The number of aromatic nitrogens is 1. The second-order valence-electron chi connectivity index (χ2n) is 5.69. The second kappa shape index (κ2) is 5.17. The topological polar surface area (TPSA) is 28.2 Å². The Kier molecular flexibility index (Phi) is 3.57. The number of fused-ring (bicyclic) bond motifs is 2. The van der Waals surface area contributed by atoms with Crippen molar-refractivity contribution < 1.29 is 0 Å². The van der Waals surface area contributed by atoms with Gasteiger partial charge in [-0.1, -0.05) is 6.92 Å². The van der Waals surface area contributed by atoms with E-state index in [0.29, 0.717) is 0 Å². The third kappa shape index (κ3) is 2.28. The number of anilines is 1. The lowest BCUT2D eigenvalue weighted by molar-refractivity contribution is 0.356. The lowest BCUT2D eigenvalue weighted by atomic mass is 9.98. The standard InChI is InChI=1S/C14H23N3S/c1-3-6-15-11-7-12-4-5-13(8-11)17(12)14-16-10(2)9-18-14/h9,11-13,15H,3-8H2,1-2H3. The van der Waals surface area contributed by atoms with Crippen molar-refractivity contribution in [3.05, 3.63) is 11.1 Å². The van der Waals surface area contributed by atoms with Crippen LogP contribution in [0.25, 0.3) is 0 Å². The lowest BCUT2D eigenvalue weighted by Gasteiger charge is -2.39. The van der Waals surface area contributed by atoms with E-state index in [4.69, 9.17) is 0 Å². The molecule has 2 saturated heterocycles. The normalized spacial score (nSPS) is 31.0. The van der Waals surface area contributed by atoms with Crippen LogP contribution < -0.4 is 10.2 Å². The van der Waals surface area contributed by atoms with Crippen molar-refractivity contribution >= 4 is 16.5 Å². The molecule has 4 heteroatoms. The molecule has 1 N–H and O–H groups in total. The molecule has 2 aliphatic rings. The minimum absolute atomic E-state index is 0.726. The van der Waals surface area contributed by atoms with Crippen LogP contribution in [0.5, 0.6) is 0 Å². The van der Waals surface area contributed by atoms with Crippen molar-refractivity contribution in [1.29, 1.82) is 0 Å². The lowest BCUT2D eigenvalue weighted by Crippen LogP contribution is -2.49. The summed E-state index contributed by atoms with van der Waals surface area (Å²) in [5.41, 5.74) is 1.17. The molecular weight excluding hydrogens is 242 g/mol. The molecule has 3 nitrogen and oxygen atoms in total. The van der Waals surface area contributed by atoms with E-state index in [2.05, 4.69) is 34.4 Å². The average molecular weight is 265 g/mol. The van der Waals surface area contributed by atoms with Crippen LogP contribution in [0.3, 0.4) is 0 Å². The fourth-order valence-electron chi connectivity index (χ4n) is 3.46.